The van der Waals surface area contributed by atoms with Crippen molar-refractivity contribution in [3.63, 3.8) is 0 Å². The van der Waals surface area contributed by atoms with Crippen molar-refractivity contribution in [3.8, 4) is 5.75 Å². The van der Waals surface area contributed by atoms with Crippen LogP contribution in [0.25, 0.3) is 0 Å². The Morgan fingerprint density at radius 1 is 1.16 bits per heavy atom. The summed E-state index contributed by atoms with van der Waals surface area (Å²) < 4.78 is 10.3. The van der Waals surface area contributed by atoms with Crippen LogP contribution in [0.4, 0.5) is 4.79 Å². The van der Waals surface area contributed by atoms with Crippen LogP contribution in [-0.2, 0) is 23.9 Å². The number of benzene rings is 1. The maximum absolute atomic E-state index is 14.0. The topological polar surface area (TPSA) is 134 Å². The first-order valence-electron chi connectivity index (χ1n) is 12.8. The molecule has 0 spiro atoms. The highest BCUT2D eigenvalue weighted by atomic mass is 16.6. The zero-order chi connectivity index (χ0) is 27.9. The molecule has 0 heterocycles. The van der Waals surface area contributed by atoms with Crippen molar-refractivity contribution in [3.05, 3.63) is 29.8 Å². The van der Waals surface area contributed by atoms with Crippen molar-refractivity contribution < 1.29 is 33.8 Å². The second-order valence-electron chi connectivity index (χ2n) is 10.7. The summed E-state index contributed by atoms with van der Waals surface area (Å²) in [6.45, 7) is 12.7. The van der Waals surface area contributed by atoms with E-state index in [1.54, 1.807) is 59.7 Å². The average Bonchev–Trinajstić information content (AvgIpc) is 3.50. The number of ether oxygens (including phenoxy) is 2. The molecule has 1 fully saturated rings. The number of hydrogen-bond acceptors (Lipinski definition) is 7. The Balaban J connectivity index is 2.41. The SMILES string of the molecule is CCOC(=O)CCNC(=O)C(c1ccccc1O)N(C(=O)C(NC(=O)OC(C)(C)C)C(C)C)C1CC1C. The Labute approximate surface area is 219 Å². The summed E-state index contributed by atoms with van der Waals surface area (Å²) in [6, 6.07) is 3.92. The molecule has 10 nitrogen and oxygen atoms in total. The maximum Gasteiger partial charge on any atom is 0.408 e. The van der Waals surface area contributed by atoms with Crippen molar-refractivity contribution in [1.82, 2.24) is 15.5 Å². The number of alkyl carbamates (subject to hydrolysis) is 1. The molecule has 206 valence electrons. The van der Waals surface area contributed by atoms with Crippen LogP contribution in [0.2, 0.25) is 0 Å². The van der Waals surface area contributed by atoms with E-state index in [1.165, 1.54) is 11.0 Å². The molecule has 0 bridgehead atoms. The summed E-state index contributed by atoms with van der Waals surface area (Å²) in [5, 5.41) is 16.0. The molecule has 10 heteroatoms. The van der Waals surface area contributed by atoms with Gasteiger partial charge in [-0.25, -0.2) is 4.79 Å². The van der Waals surface area contributed by atoms with Gasteiger partial charge in [-0.1, -0.05) is 39.0 Å². The fourth-order valence-corrected chi connectivity index (χ4v) is 4.03. The number of phenols is 1. The number of rotatable bonds is 11. The minimum Gasteiger partial charge on any atom is -0.508 e. The third-order valence-corrected chi connectivity index (χ3v) is 5.98. The Bertz CT molecular complexity index is 973. The number of para-hydroxylation sites is 1. The molecule has 3 N–H and O–H groups in total. The molecule has 0 aliphatic heterocycles. The first-order valence-corrected chi connectivity index (χ1v) is 12.8. The lowest BCUT2D eigenvalue weighted by molar-refractivity contribution is -0.145. The van der Waals surface area contributed by atoms with Crippen molar-refractivity contribution >= 4 is 23.9 Å². The molecule has 1 aliphatic carbocycles. The molecular formula is C27H41N3O7. The standard InChI is InChI=1S/C27H41N3O7/c1-8-36-21(32)13-14-28-24(33)23(18-11-9-10-12-20(18)31)30(19-15-17(19)4)25(34)22(16(2)3)29-26(35)37-27(5,6)7/h9-12,16-17,19,22-23,31H,8,13-15H2,1-7H3,(H,28,33)(H,29,35). The van der Waals surface area contributed by atoms with Gasteiger partial charge in [0.2, 0.25) is 11.8 Å². The van der Waals surface area contributed by atoms with Crippen LogP contribution >= 0.6 is 0 Å². The summed E-state index contributed by atoms with van der Waals surface area (Å²) in [6.07, 6.45) is -0.0971. The van der Waals surface area contributed by atoms with E-state index in [9.17, 15) is 24.3 Å². The Kier molecular flexibility index (Phi) is 10.3. The fourth-order valence-electron chi connectivity index (χ4n) is 4.03. The quantitative estimate of drug-likeness (QED) is 0.382. The number of esters is 1. The molecule has 3 amide bonds. The molecule has 1 aromatic carbocycles. The molecule has 0 radical (unpaired) electrons. The summed E-state index contributed by atoms with van der Waals surface area (Å²) in [4.78, 5) is 53.4. The van der Waals surface area contributed by atoms with Crippen molar-refractivity contribution in [1.29, 1.82) is 0 Å². The zero-order valence-electron chi connectivity index (χ0n) is 22.9. The Morgan fingerprint density at radius 2 is 1.78 bits per heavy atom. The van der Waals surface area contributed by atoms with Crippen LogP contribution in [-0.4, -0.2) is 64.7 Å². The number of carbonyl (C=O) groups is 4. The van der Waals surface area contributed by atoms with Crippen molar-refractivity contribution in [2.24, 2.45) is 11.8 Å². The van der Waals surface area contributed by atoms with Gasteiger partial charge in [0, 0.05) is 18.2 Å². The molecule has 0 saturated heterocycles. The van der Waals surface area contributed by atoms with Gasteiger partial charge in [0.25, 0.3) is 0 Å². The van der Waals surface area contributed by atoms with Gasteiger partial charge in [0.1, 0.15) is 23.4 Å². The molecule has 1 aliphatic rings. The van der Waals surface area contributed by atoms with E-state index < -0.39 is 41.6 Å². The van der Waals surface area contributed by atoms with Gasteiger partial charge in [-0.2, -0.15) is 0 Å². The van der Waals surface area contributed by atoms with Gasteiger partial charge in [0.15, 0.2) is 0 Å². The lowest BCUT2D eigenvalue weighted by Crippen LogP contribution is -2.55. The zero-order valence-corrected chi connectivity index (χ0v) is 22.9. The van der Waals surface area contributed by atoms with Gasteiger partial charge < -0.3 is 30.1 Å². The van der Waals surface area contributed by atoms with E-state index in [0.717, 1.165) is 0 Å². The first kappa shape index (κ1) is 29.9. The van der Waals surface area contributed by atoms with Gasteiger partial charge in [0.05, 0.1) is 13.0 Å². The van der Waals surface area contributed by atoms with Gasteiger partial charge in [-0.15, -0.1) is 0 Å². The third kappa shape index (κ3) is 8.65. The van der Waals surface area contributed by atoms with E-state index in [0.29, 0.717) is 6.42 Å². The highest BCUT2D eigenvalue weighted by Crippen LogP contribution is 2.42. The minimum absolute atomic E-state index is 0.00772. The number of hydrogen-bond donors (Lipinski definition) is 3. The number of amides is 3. The molecule has 1 saturated carbocycles. The summed E-state index contributed by atoms with van der Waals surface area (Å²) in [5.41, 5.74) is -0.500. The predicted molar refractivity (Wildman–Crippen MR) is 138 cm³/mol. The van der Waals surface area contributed by atoms with Crippen molar-refractivity contribution in [2.45, 2.75) is 85.0 Å². The van der Waals surface area contributed by atoms with E-state index in [-0.39, 0.29) is 48.8 Å². The minimum atomic E-state index is -1.17. The lowest BCUT2D eigenvalue weighted by Gasteiger charge is -2.36. The van der Waals surface area contributed by atoms with Crippen LogP contribution in [0.3, 0.4) is 0 Å². The van der Waals surface area contributed by atoms with E-state index in [1.807, 2.05) is 6.92 Å². The van der Waals surface area contributed by atoms with Crippen LogP contribution in [0, 0.1) is 11.8 Å². The lowest BCUT2D eigenvalue weighted by atomic mass is 9.98. The highest BCUT2D eigenvalue weighted by Gasteiger charge is 2.49. The van der Waals surface area contributed by atoms with E-state index in [4.69, 9.17) is 9.47 Å². The molecular weight excluding hydrogens is 478 g/mol. The molecule has 4 unspecified atom stereocenters. The first-order chi connectivity index (χ1) is 17.3. The average molecular weight is 520 g/mol. The summed E-state index contributed by atoms with van der Waals surface area (Å²) in [5.74, 6) is -1.78. The predicted octanol–water partition coefficient (Wildman–Crippen LogP) is 3.29. The van der Waals surface area contributed by atoms with Crippen LogP contribution in [0.15, 0.2) is 24.3 Å². The Hall–Kier alpha value is -3.30. The number of nitrogens with one attached hydrogen (secondary N) is 2. The molecule has 37 heavy (non-hydrogen) atoms. The van der Waals surface area contributed by atoms with Gasteiger partial charge in [-0.05, 0) is 52.0 Å². The van der Waals surface area contributed by atoms with Gasteiger partial charge >= 0.3 is 12.1 Å². The highest BCUT2D eigenvalue weighted by molar-refractivity contribution is 5.93. The smallest absolute Gasteiger partial charge is 0.408 e. The molecule has 0 aromatic heterocycles. The third-order valence-electron chi connectivity index (χ3n) is 5.98. The number of phenolic OH excluding ortho intramolecular Hbond substituents is 1. The molecule has 1 aromatic rings. The van der Waals surface area contributed by atoms with E-state index >= 15 is 0 Å². The number of carbonyl (C=O) groups excluding carboxylic acids is 4. The van der Waals surface area contributed by atoms with Crippen LogP contribution in [0.1, 0.15) is 72.9 Å². The van der Waals surface area contributed by atoms with Crippen molar-refractivity contribution in [2.75, 3.05) is 13.2 Å². The molecule has 4 atom stereocenters. The number of nitrogens with zero attached hydrogens (tertiary/aromatic N) is 1. The molecule has 2 rings (SSSR count). The van der Waals surface area contributed by atoms with Gasteiger partial charge in [-0.3, -0.25) is 14.4 Å². The normalized spacial score (nSPS) is 18.4. The Morgan fingerprint density at radius 3 is 2.30 bits per heavy atom. The maximum atomic E-state index is 14.0. The van der Waals surface area contributed by atoms with Crippen LogP contribution < -0.4 is 10.6 Å². The van der Waals surface area contributed by atoms with E-state index in [2.05, 4.69) is 10.6 Å². The monoisotopic (exact) mass is 519 g/mol. The summed E-state index contributed by atoms with van der Waals surface area (Å²) in [7, 11) is 0. The second kappa shape index (κ2) is 12.8. The second-order valence-corrected chi connectivity index (χ2v) is 10.7. The summed E-state index contributed by atoms with van der Waals surface area (Å²) >= 11 is 0. The van der Waals surface area contributed by atoms with Crippen LogP contribution in [0.5, 0.6) is 5.75 Å². The fraction of sp³-hybridized carbons (Fsp3) is 0.630. The number of aromatic hydroxyl groups is 1. The largest absolute Gasteiger partial charge is 0.508 e.